The van der Waals surface area contributed by atoms with E-state index < -0.39 is 5.41 Å². The van der Waals surface area contributed by atoms with Gasteiger partial charge < -0.3 is 5.32 Å². The summed E-state index contributed by atoms with van der Waals surface area (Å²) >= 11 is 5.61. The summed E-state index contributed by atoms with van der Waals surface area (Å²) in [6.45, 7) is 3.63. The molecule has 6 heteroatoms. The average Bonchev–Trinajstić information content (AvgIpc) is 2.23. The molecular weight excluding hydrogens is 192 g/mol. The number of hydrogen-bond acceptors (Lipinski definition) is 4. The third-order valence-electron chi connectivity index (χ3n) is 2.16. The largest absolute Gasteiger partial charge is 0.322 e. The van der Waals surface area contributed by atoms with Crippen molar-refractivity contribution in [1.29, 1.82) is 0 Å². The molecule has 13 heavy (non-hydrogen) atoms. The first-order chi connectivity index (χ1) is 6.01. The van der Waals surface area contributed by atoms with Crippen molar-refractivity contribution in [1.82, 2.24) is 15.4 Å². The van der Waals surface area contributed by atoms with Crippen LogP contribution in [0.15, 0.2) is 17.0 Å². The van der Waals surface area contributed by atoms with E-state index in [1.807, 2.05) is 13.8 Å². The van der Waals surface area contributed by atoms with Gasteiger partial charge in [-0.15, -0.1) is 0 Å². The second-order valence-corrected chi connectivity index (χ2v) is 3.86. The molecule has 1 saturated heterocycles. The lowest BCUT2D eigenvalue weighted by Crippen LogP contribution is -2.32. The van der Waals surface area contributed by atoms with Gasteiger partial charge in [0.1, 0.15) is 5.71 Å². The highest BCUT2D eigenvalue weighted by Crippen LogP contribution is 2.29. The minimum Gasteiger partial charge on any atom is -0.322 e. The van der Waals surface area contributed by atoms with E-state index in [0.717, 1.165) is 0 Å². The van der Waals surface area contributed by atoms with Crippen molar-refractivity contribution in [3.05, 3.63) is 11.9 Å². The molecule has 0 aliphatic carbocycles. The number of amides is 1. The molecule has 0 unspecified atom stereocenters. The van der Waals surface area contributed by atoms with Crippen LogP contribution in [0.1, 0.15) is 13.8 Å². The SMILES string of the molecule is CC1(C)C(=O)NC2=CN(Cl)NN=C21. The lowest BCUT2D eigenvalue weighted by molar-refractivity contribution is -0.124. The smallest absolute Gasteiger partial charge is 0.236 e. The Balaban J connectivity index is 2.44. The maximum Gasteiger partial charge on any atom is 0.236 e. The number of rotatable bonds is 0. The number of carbonyl (C=O) groups excluding carboxylic acids is 1. The van der Waals surface area contributed by atoms with Gasteiger partial charge in [-0.05, 0) is 13.8 Å². The van der Waals surface area contributed by atoms with Gasteiger partial charge in [0.15, 0.2) is 0 Å². The van der Waals surface area contributed by atoms with Crippen LogP contribution in [0, 0.1) is 5.41 Å². The van der Waals surface area contributed by atoms with E-state index in [2.05, 4.69) is 16.0 Å². The fourth-order valence-corrected chi connectivity index (χ4v) is 1.45. The quantitative estimate of drug-likeness (QED) is 0.554. The normalized spacial score (nSPS) is 24.2. The first-order valence-corrected chi connectivity index (χ1v) is 4.18. The lowest BCUT2D eigenvalue weighted by Gasteiger charge is -2.20. The van der Waals surface area contributed by atoms with E-state index in [0.29, 0.717) is 11.4 Å². The van der Waals surface area contributed by atoms with Crippen LogP contribution in [0.3, 0.4) is 0 Å². The van der Waals surface area contributed by atoms with Crippen molar-refractivity contribution in [3.63, 3.8) is 0 Å². The van der Waals surface area contributed by atoms with Crippen molar-refractivity contribution in [2.24, 2.45) is 10.5 Å². The first-order valence-electron chi connectivity index (χ1n) is 3.84. The highest BCUT2D eigenvalue weighted by atomic mass is 35.5. The number of nitrogens with one attached hydrogen (secondary N) is 2. The van der Waals surface area contributed by atoms with Crippen molar-refractivity contribution in [2.45, 2.75) is 13.8 Å². The number of fused-ring (bicyclic) bond motifs is 1. The molecule has 0 aromatic rings. The molecule has 2 rings (SSSR count). The Bertz CT molecular complexity index is 333. The minimum atomic E-state index is -0.586. The Hall–Kier alpha value is -1.23. The zero-order chi connectivity index (χ0) is 9.64. The maximum absolute atomic E-state index is 11.4. The molecule has 0 radical (unpaired) electrons. The first kappa shape index (κ1) is 8.37. The minimum absolute atomic E-state index is 0.0636. The van der Waals surface area contributed by atoms with Crippen LogP contribution in [0.5, 0.6) is 0 Å². The zero-order valence-corrected chi connectivity index (χ0v) is 8.01. The molecule has 1 fully saturated rings. The molecule has 2 aliphatic heterocycles. The highest BCUT2D eigenvalue weighted by Gasteiger charge is 2.44. The summed E-state index contributed by atoms with van der Waals surface area (Å²) in [4.78, 5) is 11.4. The molecule has 0 atom stereocenters. The summed E-state index contributed by atoms with van der Waals surface area (Å²) in [6.07, 6.45) is 1.58. The van der Waals surface area contributed by atoms with Crippen LogP contribution >= 0.6 is 11.8 Å². The Morgan fingerprint density at radius 3 is 3.00 bits per heavy atom. The Kier molecular flexibility index (Phi) is 1.53. The number of carbonyl (C=O) groups is 1. The second-order valence-electron chi connectivity index (χ2n) is 3.49. The van der Waals surface area contributed by atoms with Gasteiger partial charge in [-0.2, -0.15) is 9.63 Å². The predicted octanol–water partition coefficient (Wildman–Crippen LogP) is 0.314. The van der Waals surface area contributed by atoms with Gasteiger partial charge in [-0.25, -0.2) is 5.53 Å². The lowest BCUT2D eigenvalue weighted by atomic mass is 9.89. The van der Waals surface area contributed by atoms with E-state index in [1.54, 1.807) is 6.20 Å². The van der Waals surface area contributed by atoms with Crippen molar-refractivity contribution < 1.29 is 4.79 Å². The predicted molar refractivity (Wildman–Crippen MR) is 48.3 cm³/mol. The number of hydrazone groups is 1. The Morgan fingerprint density at radius 2 is 2.31 bits per heavy atom. The van der Waals surface area contributed by atoms with Gasteiger partial charge in [0.25, 0.3) is 0 Å². The molecule has 2 aliphatic rings. The number of hydrazine groups is 1. The van der Waals surface area contributed by atoms with Gasteiger partial charge >= 0.3 is 0 Å². The molecule has 1 amide bonds. The molecule has 0 spiro atoms. The van der Waals surface area contributed by atoms with Crippen LogP contribution in [-0.2, 0) is 4.79 Å². The average molecular weight is 201 g/mol. The standard InChI is InChI=1S/C7H9ClN4O/c1-7(2)5-4(9-6(7)13)3-12(8)11-10-5/h3,11H,1-2H3,(H,9,13). The molecular formula is C7H9ClN4O. The van der Waals surface area contributed by atoms with E-state index in [-0.39, 0.29) is 5.91 Å². The third-order valence-corrected chi connectivity index (χ3v) is 2.34. The molecule has 2 heterocycles. The van der Waals surface area contributed by atoms with Gasteiger partial charge in [-0.1, -0.05) is 0 Å². The monoisotopic (exact) mass is 200 g/mol. The molecule has 70 valence electrons. The number of hydrogen-bond donors (Lipinski definition) is 2. The topological polar surface area (TPSA) is 56.7 Å². The van der Waals surface area contributed by atoms with Crippen molar-refractivity contribution >= 4 is 23.4 Å². The molecule has 0 bridgehead atoms. The number of nitrogens with zero attached hydrogens (tertiary/aromatic N) is 2. The molecule has 0 saturated carbocycles. The maximum atomic E-state index is 11.4. The van der Waals surface area contributed by atoms with Gasteiger partial charge in [0, 0.05) is 11.8 Å². The third kappa shape index (κ3) is 1.07. The van der Waals surface area contributed by atoms with Gasteiger partial charge in [0.05, 0.1) is 17.3 Å². The summed E-state index contributed by atoms with van der Waals surface area (Å²) in [5.41, 5.74) is 3.31. The van der Waals surface area contributed by atoms with Crippen LogP contribution in [0.25, 0.3) is 0 Å². The molecule has 5 nitrogen and oxygen atoms in total. The van der Waals surface area contributed by atoms with E-state index in [1.165, 1.54) is 4.53 Å². The number of halogens is 1. The zero-order valence-electron chi connectivity index (χ0n) is 7.26. The molecule has 0 aromatic carbocycles. The molecule has 2 N–H and O–H groups in total. The fourth-order valence-electron chi connectivity index (χ4n) is 1.32. The summed E-state index contributed by atoms with van der Waals surface area (Å²) in [6, 6.07) is 0. The summed E-state index contributed by atoms with van der Waals surface area (Å²) in [5.74, 6) is -0.0636. The molecule has 0 aromatic heterocycles. The van der Waals surface area contributed by atoms with Crippen LogP contribution in [0.2, 0.25) is 0 Å². The van der Waals surface area contributed by atoms with Crippen LogP contribution in [0.4, 0.5) is 0 Å². The van der Waals surface area contributed by atoms with Crippen LogP contribution < -0.4 is 10.9 Å². The number of allylic oxidation sites excluding steroid dienone is 1. The highest BCUT2D eigenvalue weighted by molar-refractivity contribution is 6.23. The van der Waals surface area contributed by atoms with Crippen LogP contribution in [-0.4, -0.2) is 16.1 Å². The van der Waals surface area contributed by atoms with Crippen molar-refractivity contribution in [2.75, 3.05) is 0 Å². The summed E-state index contributed by atoms with van der Waals surface area (Å²) < 4.78 is 1.17. The summed E-state index contributed by atoms with van der Waals surface area (Å²) in [7, 11) is 0. The van der Waals surface area contributed by atoms with E-state index in [9.17, 15) is 4.79 Å². The van der Waals surface area contributed by atoms with E-state index >= 15 is 0 Å². The Morgan fingerprint density at radius 1 is 1.62 bits per heavy atom. The summed E-state index contributed by atoms with van der Waals surface area (Å²) in [5, 5.41) is 6.69. The van der Waals surface area contributed by atoms with E-state index in [4.69, 9.17) is 11.8 Å². The van der Waals surface area contributed by atoms with Gasteiger partial charge in [0.2, 0.25) is 5.91 Å². The Labute approximate surface area is 80.5 Å². The van der Waals surface area contributed by atoms with Crippen molar-refractivity contribution in [3.8, 4) is 0 Å². The fraction of sp³-hybridized carbons (Fsp3) is 0.429. The van der Waals surface area contributed by atoms with Gasteiger partial charge in [-0.3, -0.25) is 4.79 Å². The second kappa shape index (κ2) is 2.38.